The molecule has 0 spiro atoms. The third kappa shape index (κ3) is 2.05. The van der Waals surface area contributed by atoms with Crippen LogP contribution < -0.4 is 11.1 Å². The fourth-order valence-corrected chi connectivity index (χ4v) is 2.48. The van der Waals surface area contributed by atoms with E-state index in [0.717, 1.165) is 27.3 Å². The Labute approximate surface area is 109 Å². The number of hydrogen-bond donors (Lipinski definition) is 2. The van der Waals surface area contributed by atoms with Crippen LogP contribution in [0.4, 0.5) is 11.5 Å². The van der Waals surface area contributed by atoms with Crippen molar-refractivity contribution in [2.24, 2.45) is 5.73 Å². The maximum absolute atomic E-state index is 5.57. The molecule has 0 saturated carbocycles. The van der Waals surface area contributed by atoms with Crippen LogP contribution >= 0.6 is 11.3 Å². The Morgan fingerprint density at radius 2 is 1.94 bits per heavy atom. The molecule has 0 radical (unpaired) electrons. The molecule has 18 heavy (non-hydrogen) atoms. The Morgan fingerprint density at radius 3 is 2.72 bits per heavy atom. The first-order valence-corrected chi connectivity index (χ1v) is 6.49. The van der Waals surface area contributed by atoms with E-state index < -0.39 is 0 Å². The summed E-state index contributed by atoms with van der Waals surface area (Å²) in [5.41, 5.74) is 7.69. The number of nitrogens with two attached hydrogens (primary N) is 1. The zero-order valence-corrected chi connectivity index (χ0v) is 10.4. The van der Waals surface area contributed by atoms with Crippen molar-refractivity contribution in [3.63, 3.8) is 0 Å². The fraction of sp³-hybridized carbons (Fsp3) is 0.0769. The Balaban J connectivity index is 1.93. The van der Waals surface area contributed by atoms with Crippen LogP contribution in [0.2, 0.25) is 0 Å². The van der Waals surface area contributed by atoms with E-state index in [4.69, 9.17) is 5.73 Å². The van der Waals surface area contributed by atoms with Gasteiger partial charge in [-0.1, -0.05) is 12.1 Å². The van der Waals surface area contributed by atoms with E-state index in [1.54, 1.807) is 17.7 Å². The summed E-state index contributed by atoms with van der Waals surface area (Å²) < 4.78 is 0. The minimum absolute atomic E-state index is 0.558. The number of rotatable bonds is 3. The summed E-state index contributed by atoms with van der Waals surface area (Å²) in [7, 11) is 0. The molecule has 0 saturated heterocycles. The van der Waals surface area contributed by atoms with Gasteiger partial charge in [-0.15, -0.1) is 11.3 Å². The van der Waals surface area contributed by atoms with Crippen LogP contribution in [0.5, 0.6) is 0 Å². The van der Waals surface area contributed by atoms with E-state index >= 15 is 0 Å². The molecule has 0 aliphatic heterocycles. The molecule has 0 amide bonds. The molecule has 3 aromatic rings. The first-order valence-electron chi connectivity index (χ1n) is 5.61. The molecule has 0 aliphatic carbocycles. The highest BCUT2D eigenvalue weighted by molar-refractivity contribution is 7.16. The molecular formula is C13H12N4S. The van der Waals surface area contributed by atoms with Crippen LogP contribution in [0.1, 0.15) is 5.56 Å². The van der Waals surface area contributed by atoms with E-state index in [2.05, 4.69) is 15.3 Å². The number of fused-ring (bicyclic) bond motifs is 1. The number of thiophene rings is 1. The summed E-state index contributed by atoms with van der Waals surface area (Å²) in [4.78, 5) is 9.49. The second-order valence-corrected chi connectivity index (χ2v) is 4.78. The van der Waals surface area contributed by atoms with Gasteiger partial charge in [-0.25, -0.2) is 9.97 Å². The predicted molar refractivity (Wildman–Crippen MR) is 75.0 cm³/mol. The lowest BCUT2D eigenvalue weighted by molar-refractivity contribution is 1.07. The highest BCUT2D eigenvalue weighted by atomic mass is 32.1. The van der Waals surface area contributed by atoms with Gasteiger partial charge >= 0.3 is 0 Å². The minimum atomic E-state index is 0.558. The van der Waals surface area contributed by atoms with Gasteiger partial charge in [-0.3, -0.25) is 0 Å². The van der Waals surface area contributed by atoms with Crippen LogP contribution in [0, 0.1) is 0 Å². The molecule has 0 fully saturated rings. The van der Waals surface area contributed by atoms with E-state index in [-0.39, 0.29) is 0 Å². The predicted octanol–water partition coefficient (Wildman–Crippen LogP) is 2.89. The van der Waals surface area contributed by atoms with Crippen molar-refractivity contribution in [1.82, 2.24) is 9.97 Å². The van der Waals surface area contributed by atoms with Crippen molar-refractivity contribution in [3.8, 4) is 0 Å². The SMILES string of the molecule is NCc1ccc(Nc2ncnc3sccc23)cc1. The average Bonchev–Trinajstić information content (AvgIpc) is 2.89. The van der Waals surface area contributed by atoms with Crippen LogP contribution in [0.25, 0.3) is 10.2 Å². The standard InChI is InChI=1S/C13H12N4S/c14-7-9-1-3-10(4-2-9)17-12-11-5-6-18-13(11)16-8-15-12/h1-6,8H,7,14H2,(H,15,16,17). The molecule has 2 heterocycles. The van der Waals surface area contributed by atoms with E-state index in [1.165, 1.54) is 0 Å². The number of nitrogens with one attached hydrogen (secondary N) is 1. The first-order chi connectivity index (χ1) is 8.86. The van der Waals surface area contributed by atoms with Gasteiger partial charge in [0.25, 0.3) is 0 Å². The summed E-state index contributed by atoms with van der Waals surface area (Å²) in [5, 5.41) is 6.36. The Hall–Kier alpha value is -1.98. The van der Waals surface area contributed by atoms with Crippen molar-refractivity contribution < 1.29 is 0 Å². The molecule has 0 atom stereocenters. The summed E-state index contributed by atoms with van der Waals surface area (Å²) in [6, 6.07) is 10.0. The second-order valence-electron chi connectivity index (χ2n) is 3.89. The largest absolute Gasteiger partial charge is 0.340 e. The van der Waals surface area contributed by atoms with Crippen molar-refractivity contribution in [2.75, 3.05) is 5.32 Å². The van der Waals surface area contributed by atoms with Gasteiger partial charge < -0.3 is 11.1 Å². The number of anilines is 2. The van der Waals surface area contributed by atoms with Crippen molar-refractivity contribution in [3.05, 3.63) is 47.6 Å². The minimum Gasteiger partial charge on any atom is -0.340 e. The molecule has 90 valence electrons. The van der Waals surface area contributed by atoms with E-state index in [9.17, 15) is 0 Å². The molecule has 3 N–H and O–H groups in total. The molecule has 2 aromatic heterocycles. The normalized spacial score (nSPS) is 10.7. The summed E-state index contributed by atoms with van der Waals surface area (Å²) in [5.74, 6) is 0.835. The van der Waals surface area contributed by atoms with E-state index in [1.807, 2.05) is 35.7 Å². The molecule has 0 unspecified atom stereocenters. The van der Waals surface area contributed by atoms with E-state index in [0.29, 0.717) is 6.54 Å². The lowest BCUT2D eigenvalue weighted by Crippen LogP contribution is -1.97. The number of nitrogens with zero attached hydrogens (tertiary/aromatic N) is 2. The zero-order chi connectivity index (χ0) is 12.4. The maximum atomic E-state index is 5.57. The quantitative estimate of drug-likeness (QED) is 0.756. The van der Waals surface area contributed by atoms with Gasteiger partial charge in [0, 0.05) is 12.2 Å². The van der Waals surface area contributed by atoms with Gasteiger partial charge in [0.2, 0.25) is 0 Å². The number of benzene rings is 1. The Bertz CT molecular complexity index is 660. The van der Waals surface area contributed by atoms with Crippen LogP contribution in [0.3, 0.4) is 0 Å². The number of hydrogen-bond acceptors (Lipinski definition) is 5. The first kappa shape index (κ1) is 11.1. The van der Waals surface area contributed by atoms with Crippen LogP contribution in [-0.2, 0) is 6.54 Å². The molecule has 0 bridgehead atoms. The van der Waals surface area contributed by atoms with Crippen molar-refractivity contribution in [2.45, 2.75) is 6.54 Å². The van der Waals surface area contributed by atoms with Gasteiger partial charge in [-0.2, -0.15) is 0 Å². The lowest BCUT2D eigenvalue weighted by Gasteiger charge is -2.06. The third-order valence-corrected chi connectivity index (χ3v) is 3.53. The maximum Gasteiger partial charge on any atom is 0.142 e. The summed E-state index contributed by atoms with van der Waals surface area (Å²) >= 11 is 1.61. The van der Waals surface area contributed by atoms with Gasteiger partial charge in [-0.05, 0) is 29.1 Å². The fourth-order valence-electron chi connectivity index (χ4n) is 1.75. The highest BCUT2D eigenvalue weighted by Crippen LogP contribution is 2.26. The Morgan fingerprint density at radius 1 is 1.11 bits per heavy atom. The molecular weight excluding hydrogens is 244 g/mol. The summed E-state index contributed by atoms with van der Waals surface area (Å²) in [6.45, 7) is 0.558. The van der Waals surface area contributed by atoms with Gasteiger partial charge in [0.1, 0.15) is 17.0 Å². The van der Waals surface area contributed by atoms with Gasteiger partial charge in [0.05, 0.1) is 5.39 Å². The lowest BCUT2D eigenvalue weighted by atomic mass is 10.2. The van der Waals surface area contributed by atoms with Crippen LogP contribution in [0.15, 0.2) is 42.0 Å². The van der Waals surface area contributed by atoms with Gasteiger partial charge in [0.15, 0.2) is 0 Å². The third-order valence-electron chi connectivity index (χ3n) is 2.71. The molecule has 4 nitrogen and oxygen atoms in total. The molecule has 1 aromatic carbocycles. The van der Waals surface area contributed by atoms with Crippen molar-refractivity contribution >= 4 is 33.1 Å². The average molecular weight is 256 g/mol. The smallest absolute Gasteiger partial charge is 0.142 e. The highest BCUT2D eigenvalue weighted by Gasteiger charge is 2.04. The molecule has 0 aliphatic rings. The number of aromatic nitrogens is 2. The van der Waals surface area contributed by atoms with Crippen LogP contribution in [-0.4, -0.2) is 9.97 Å². The topological polar surface area (TPSA) is 63.8 Å². The second kappa shape index (κ2) is 4.72. The van der Waals surface area contributed by atoms with Crippen molar-refractivity contribution in [1.29, 1.82) is 0 Å². The molecule has 3 rings (SSSR count). The zero-order valence-electron chi connectivity index (χ0n) is 9.63. The summed E-state index contributed by atoms with van der Waals surface area (Å²) in [6.07, 6.45) is 1.58. The monoisotopic (exact) mass is 256 g/mol. The Kier molecular flexibility index (Phi) is 2.92. The molecule has 5 heteroatoms.